The van der Waals surface area contributed by atoms with Crippen LogP contribution < -0.4 is 0 Å². The molecule has 2 aliphatic rings. The minimum Gasteiger partial charge on any atom is -0.438 e. The SMILES string of the molecule is c1ccc(-c2nc(-c3ccc4c(c3)-c3ccccc3C43c4ccc5ccccc5c4-c4c3ccc3ccccc43)nc3oc4ccccc4c23)cc1. The summed E-state index contributed by atoms with van der Waals surface area (Å²) in [6.07, 6.45) is 0. The van der Waals surface area contributed by atoms with Crippen LogP contribution in [0.2, 0.25) is 0 Å². The Morgan fingerprint density at radius 1 is 0.423 bits per heavy atom. The van der Waals surface area contributed by atoms with Gasteiger partial charge in [0.15, 0.2) is 5.82 Å². The van der Waals surface area contributed by atoms with Crippen LogP contribution >= 0.6 is 0 Å². The van der Waals surface area contributed by atoms with Gasteiger partial charge in [0.25, 0.3) is 0 Å². The van der Waals surface area contributed by atoms with Gasteiger partial charge in [-0.3, -0.25) is 0 Å². The van der Waals surface area contributed by atoms with Gasteiger partial charge in [0, 0.05) is 16.5 Å². The summed E-state index contributed by atoms with van der Waals surface area (Å²) >= 11 is 0. The molecule has 12 rings (SSSR count). The van der Waals surface area contributed by atoms with Crippen molar-refractivity contribution in [1.29, 1.82) is 0 Å². The van der Waals surface area contributed by atoms with Gasteiger partial charge in [0.2, 0.25) is 5.71 Å². The Bertz CT molecular complexity index is 3050. The highest BCUT2D eigenvalue weighted by atomic mass is 16.3. The maximum Gasteiger partial charge on any atom is 0.231 e. The molecular formula is C49H28N2O. The molecule has 1 spiro atoms. The number of aromatic nitrogens is 2. The number of fused-ring (bicyclic) bond motifs is 17. The molecule has 0 aliphatic heterocycles. The number of nitrogens with zero attached hydrogens (tertiary/aromatic N) is 2. The van der Waals surface area contributed by atoms with Crippen molar-refractivity contribution in [2.24, 2.45) is 0 Å². The van der Waals surface area contributed by atoms with Crippen molar-refractivity contribution in [1.82, 2.24) is 9.97 Å². The van der Waals surface area contributed by atoms with Crippen molar-refractivity contribution in [3.8, 4) is 44.9 Å². The molecule has 3 nitrogen and oxygen atoms in total. The lowest BCUT2D eigenvalue weighted by molar-refractivity contribution is 0.653. The van der Waals surface area contributed by atoms with Crippen LogP contribution in [0.15, 0.2) is 174 Å². The quantitative estimate of drug-likeness (QED) is 0.185. The molecule has 10 aromatic rings. The molecule has 0 bridgehead atoms. The van der Waals surface area contributed by atoms with E-state index in [0.717, 1.165) is 33.2 Å². The molecule has 0 saturated carbocycles. The number of hydrogen-bond acceptors (Lipinski definition) is 3. The van der Waals surface area contributed by atoms with E-state index in [-0.39, 0.29) is 0 Å². The van der Waals surface area contributed by atoms with E-state index in [9.17, 15) is 0 Å². The topological polar surface area (TPSA) is 38.9 Å². The van der Waals surface area contributed by atoms with Gasteiger partial charge < -0.3 is 4.42 Å². The van der Waals surface area contributed by atoms with Crippen LogP contribution in [-0.4, -0.2) is 9.97 Å². The number of furan rings is 1. The summed E-state index contributed by atoms with van der Waals surface area (Å²) in [7, 11) is 0. The van der Waals surface area contributed by atoms with Gasteiger partial charge in [-0.05, 0) is 78.2 Å². The van der Waals surface area contributed by atoms with E-state index in [1.165, 1.54) is 66.1 Å². The molecule has 0 atom stereocenters. The first-order valence-corrected chi connectivity index (χ1v) is 17.8. The third kappa shape index (κ3) is 3.49. The van der Waals surface area contributed by atoms with Gasteiger partial charge in [-0.2, -0.15) is 4.98 Å². The summed E-state index contributed by atoms with van der Waals surface area (Å²) in [4.78, 5) is 10.4. The Hall–Kier alpha value is -6.84. The molecule has 240 valence electrons. The van der Waals surface area contributed by atoms with E-state index < -0.39 is 5.41 Å². The van der Waals surface area contributed by atoms with E-state index >= 15 is 0 Å². The second kappa shape index (κ2) is 10.1. The second-order valence-corrected chi connectivity index (χ2v) is 14.0. The van der Waals surface area contributed by atoms with Crippen molar-refractivity contribution in [3.63, 3.8) is 0 Å². The van der Waals surface area contributed by atoms with E-state index in [1.54, 1.807) is 0 Å². The van der Waals surface area contributed by atoms with Crippen LogP contribution in [0.3, 0.4) is 0 Å². The number of hydrogen-bond donors (Lipinski definition) is 0. The van der Waals surface area contributed by atoms with Crippen molar-refractivity contribution < 1.29 is 4.42 Å². The first-order valence-electron chi connectivity index (χ1n) is 17.8. The van der Waals surface area contributed by atoms with Crippen molar-refractivity contribution in [3.05, 3.63) is 192 Å². The van der Waals surface area contributed by atoms with E-state index in [0.29, 0.717) is 11.5 Å². The van der Waals surface area contributed by atoms with Crippen LogP contribution in [0.25, 0.3) is 88.5 Å². The number of benzene rings is 8. The molecule has 0 saturated heterocycles. The van der Waals surface area contributed by atoms with E-state index in [1.807, 2.05) is 24.3 Å². The highest BCUT2D eigenvalue weighted by Gasteiger charge is 2.52. The molecule has 0 N–H and O–H groups in total. The monoisotopic (exact) mass is 660 g/mol. The van der Waals surface area contributed by atoms with Crippen LogP contribution in [-0.2, 0) is 5.41 Å². The van der Waals surface area contributed by atoms with Gasteiger partial charge in [0.05, 0.1) is 16.5 Å². The maximum absolute atomic E-state index is 6.40. The van der Waals surface area contributed by atoms with Gasteiger partial charge in [-0.15, -0.1) is 0 Å². The fourth-order valence-electron chi connectivity index (χ4n) is 9.41. The van der Waals surface area contributed by atoms with Gasteiger partial charge >= 0.3 is 0 Å². The van der Waals surface area contributed by atoms with Crippen molar-refractivity contribution >= 4 is 43.6 Å². The minimum absolute atomic E-state index is 0.470. The van der Waals surface area contributed by atoms with Gasteiger partial charge in [0.1, 0.15) is 5.58 Å². The molecule has 8 aromatic carbocycles. The fraction of sp³-hybridized carbons (Fsp3) is 0.0204. The zero-order valence-corrected chi connectivity index (χ0v) is 28.0. The summed E-state index contributed by atoms with van der Waals surface area (Å²) in [6, 6.07) is 61.4. The fourth-order valence-corrected chi connectivity index (χ4v) is 9.41. The Balaban J connectivity index is 1.16. The van der Waals surface area contributed by atoms with Crippen molar-refractivity contribution in [2.75, 3.05) is 0 Å². The lowest BCUT2D eigenvalue weighted by Gasteiger charge is -2.30. The normalized spacial score (nSPS) is 13.5. The molecule has 52 heavy (non-hydrogen) atoms. The van der Waals surface area contributed by atoms with Crippen molar-refractivity contribution in [2.45, 2.75) is 5.41 Å². The Morgan fingerprint density at radius 3 is 1.77 bits per heavy atom. The summed E-state index contributed by atoms with van der Waals surface area (Å²) in [5.41, 5.74) is 14.2. The maximum atomic E-state index is 6.40. The number of rotatable bonds is 2. The first kappa shape index (κ1) is 27.9. The van der Waals surface area contributed by atoms with E-state index in [4.69, 9.17) is 14.4 Å². The third-order valence-corrected chi connectivity index (χ3v) is 11.5. The highest BCUT2D eigenvalue weighted by molar-refractivity contribution is 6.14. The Kier molecular flexibility index (Phi) is 5.43. The average molecular weight is 661 g/mol. The molecule has 0 unspecified atom stereocenters. The average Bonchev–Trinajstić information content (AvgIpc) is 3.84. The highest BCUT2D eigenvalue weighted by Crippen LogP contribution is 2.65. The second-order valence-electron chi connectivity index (χ2n) is 14.0. The molecule has 0 fully saturated rings. The van der Waals surface area contributed by atoms with E-state index in [2.05, 4.69) is 146 Å². The Morgan fingerprint density at radius 2 is 1.02 bits per heavy atom. The van der Waals surface area contributed by atoms with Crippen LogP contribution in [0.1, 0.15) is 22.3 Å². The van der Waals surface area contributed by atoms with Crippen LogP contribution in [0.4, 0.5) is 0 Å². The molecule has 2 aromatic heterocycles. The summed E-state index contributed by atoms with van der Waals surface area (Å²) < 4.78 is 6.40. The van der Waals surface area contributed by atoms with Gasteiger partial charge in [-0.25, -0.2) is 4.98 Å². The smallest absolute Gasteiger partial charge is 0.231 e. The summed E-state index contributed by atoms with van der Waals surface area (Å²) in [5.74, 6) is 0.649. The first-order chi connectivity index (χ1) is 25.8. The van der Waals surface area contributed by atoms with Gasteiger partial charge in [-0.1, -0.05) is 158 Å². The summed E-state index contributed by atoms with van der Waals surface area (Å²) in [6.45, 7) is 0. The molecule has 0 radical (unpaired) electrons. The zero-order valence-electron chi connectivity index (χ0n) is 28.0. The predicted octanol–water partition coefficient (Wildman–Crippen LogP) is 12.4. The summed E-state index contributed by atoms with van der Waals surface area (Å²) in [5, 5.41) is 7.05. The van der Waals surface area contributed by atoms with Crippen LogP contribution in [0.5, 0.6) is 0 Å². The molecule has 2 heterocycles. The lowest BCUT2D eigenvalue weighted by Crippen LogP contribution is -2.25. The minimum atomic E-state index is -0.470. The molecular weight excluding hydrogens is 633 g/mol. The standard InChI is InChI=1S/C49H28N2O/c1-2-14-31(15-3-1)46-45-36-19-9-11-21-42(36)52-48(45)51-47(50-46)32-24-25-39-37(28-32)35-18-8-10-20-38(35)49(39)40-26-22-29-12-4-6-16-33(29)43(40)44-34-17-7-5-13-30(34)23-27-41(44)49/h1-28H. The third-order valence-electron chi connectivity index (χ3n) is 11.5. The Labute approximate surface area is 299 Å². The largest absolute Gasteiger partial charge is 0.438 e. The predicted molar refractivity (Wildman–Crippen MR) is 211 cm³/mol. The molecule has 0 amide bonds. The molecule has 2 aliphatic carbocycles. The molecule has 3 heteroatoms. The van der Waals surface area contributed by atoms with Crippen LogP contribution in [0, 0.1) is 0 Å². The number of para-hydroxylation sites is 1. The lowest BCUT2D eigenvalue weighted by atomic mass is 9.70. The zero-order chi connectivity index (χ0) is 34.0.